The zero-order chi connectivity index (χ0) is 25.4. The van der Waals surface area contributed by atoms with E-state index in [2.05, 4.69) is 13.8 Å². The van der Waals surface area contributed by atoms with Crippen LogP contribution < -0.4 is 0 Å². The largest absolute Gasteiger partial charge is 0.505 e. The first-order chi connectivity index (χ1) is 16.6. The standard InChI is InChI=1S/C27H35BFNO5/c1-5-10-30-26(32)19-13-18(15(2)3)24-20(25(19)27(30)33)14-28(34)35-23(24)9-6-16(4)11-17-7-8-22(31)21(29)12-17/h7-8,11-12,15,19-20,23,25,31,34H,5-6,9-10,13-14H2,1-4H3/b16-11+/t19-,20+,23-,25-/m1/s1. The number of carbonyl (C=O) groups is 2. The number of hydrogen-bond acceptors (Lipinski definition) is 5. The van der Waals surface area contributed by atoms with E-state index in [1.165, 1.54) is 22.6 Å². The van der Waals surface area contributed by atoms with Crippen LogP contribution in [0, 0.1) is 29.5 Å². The van der Waals surface area contributed by atoms with Crippen molar-refractivity contribution in [2.45, 2.75) is 65.8 Å². The van der Waals surface area contributed by atoms with Crippen LogP contribution in [0.15, 0.2) is 34.9 Å². The molecular formula is C27H35BFNO5. The Morgan fingerprint density at radius 3 is 2.69 bits per heavy atom. The Balaban J connectivity index is 1.60. The van der Waals surface area contributed by atoms with Crippen LogP contribution in [-0.4, -0.2) is 46.6 Å². The smallest absolute Gasteiger partial charge is 0.455 e. The molecule has 1 aromatic rings. The highest BCUT2D eigenvalue weighted by atomic mass is 19.1. The maximum atomic E-state index is 13.7. The first kappa shape index (κ1) is 25.6. The van der Waals surface area contributed by atoms with E-state index < -0.39 is 18.9 Å². The molecule has 4 rings (SSSR count). The lowest BCUT2D eigenvalue weighted by Crippen LogP contribution is -2.46. The highest BCUT2D eigenvalue weighted by molar-refractivity contribution is 6.43. The fourth-order valence-corrected chi connectivity index (χ4v) is 6.09. The van der Waals surface area contributed by atoms with Crippen molar-refractivity contribution in [3.63, 3.8) is 0 Å². The molecule has 188 valence electrons. The molecule has 2 saturated heterocycles. The van der Waals surface area contributed by atoms with Crippen LogP contribution in [-0.2, 0) is 14.2 Å². The molecule has 2 fully saturated rings. The molecule has 0 radical (unpaired) electrons. The minimum atomic E-state index is -0.987. The molecule has 4 atom stereocenters. The Labute approximate surface area is 207 Å². The molecule has 0 aromatic heterocycles. The van der Waals surface area contributed by atoms with Crippen LogP contribution in [0.4, 0.5) is 4.39 Å². The van der Waals surface area contributed by atoms with Crippen LogP contribution in [0.3, 0.4) is 0 Å². The van der Waals surface area contributed by atoms with Gasteiger partial charge in [-0.3, -0.25) is 14.5 Å². The second-order valence-electron chi connectivity index (χ2n) is 10.5. The highest BCUT2D eigenvalue weighted by Gasteiger charge is 2.57. The van der Waals surface area contributed by atoms with Crippen molar-refractivity contribution in [2.75, 3.05) is 6.54 Å². The van der Waals surface area contributed by atoms with Gasteiger partial charge in [-0.25, -0.2) is 4.39 Å². The molecule has 2 amide bonds. The molecule has 0 bridgehead atoms. The molecule has 1 aromatic carbocycles. The number of phenols is 1. The Bertz CT molecular complexity index is 1070. The number of benzene rings is 1. The lowest BCUT2D eigenvalue weighted by Gasteiger charge is -2.44. The van der Waals surface area contributed by atoms with Crippen molar-refractivity contribution in [3.05, 3.63) is 46.3 Å². The number of amides is 2. The molecule has 2 heterocycles. The van der Waals surface area contributed by atoms with Crippen molar-refractivity contribution >= 4 is 25.0 Å². The van der Waals surface area contributed by atoms with Gasteiger partial charge in [-0.2, -0.15) is 0 Å². The number of nitrogens with zero attached hydrogens (tertiary/aromatic N) is 1. The fraction of sp³-hybridized carbons (Fsp3) is 0.556. The van der Waals surface area contributed by atoms with Crippen LogP contribution in [0.5, 0.6) is 5.75 Å². The second-order valence-corrected chi connectivity index (χ2v) is 10.5. The molecule has 6 nitrogen and oxygen atoms in total. The third kappa shape index (κ3) is 4.96. The Kier molecular flexibility index (Phi) is 7.53. The number of carbonyl (C=O) groups excluding carboxylic acids is 2. The second kappa shape index (κ2) is 10.3. The number of aromatic hydroxyl groups is 1. The summed E-state index contributed by atoms with van der Waals surface area (Å²) in [6.07, 6.45) is 4.41. The molecule has 0 unspecified atom stereocenters. The predicted octanol–water partition coefficient (Wildman–Crippen LogP) is 4.58. The first-order valence-electron chi connectivity index (χ1n) is 12.7. The third-order valence-corrected chi connectivity index (χ3v) is 7.67. The normalized spacial score (nSPS) is 27.1. The lowest BCUT2D eigenvalue weighted by molar-refractivity contribution is -0.140. The summed E-state index contributed by atoms with van der Waals surface area (Å²) in [5.74, 6) is -1.99. The SMILES string of the molecule is CCCN1C(=O)[C@@H]2[C@@H](CC(C(C)C)=C3[C@@H](CC/C(C)=C/c4ccc(O)c(F)c4)OB(O)C[C@@H]32)C1=O. The van der Waals surface area contributed by atoms with Crippen molar-refractivity contribution in [1.29, 1.82) is 0 Å². The van der Waals surface area contributed by atoms with Crippen molar-refractivity contribution in [1.82, 2.24) is 4.90 Å². The number of rotatable bonds is 7. The van der Waals surface area contributed by atoms with E-state index >= 15 is 0 Å². The average Bonchev–Trinajstić information content (AvgIpc) is 3.04. The summed E-state index contributed by atoms with van der Waals surface area (Å²) in [5.41, 5.74) is 3.94. The van der Waals surface area contributed by atoms with Crippen molar-refractivity contribution in [3.8, 4) is 5.75 Å². The van der Waals surface area contributed by atoms with Crippen LogP contribution in [0.25, 0.3) is 6.08 Å². The first-order valence-corrected chi connectivity index (χ1v) is 12.7. The molecule has 3 aliphatic rings. The average molecular weight is 483 g/mol. The summed E-state index contributed by atoms with van der Waals surface area (Å²) in [6, 6.07) is 4.28. The molecule has 8 heteroatoms. The van der Waals surface area contributed by atoms with E-state index in [4.69, 9.17) is 4.65 Å². The quantitative estimate of drug-likeness (QED) is 0.337. The van der Waals surface area contributed by atoms with Gasteiger partial charge in [-0.1, -0.05) is 44.1 Å². The minimum absolute atomic E-state index is 0.0727. The van der Waals surface area contributed by atoms with E-state index in [1.54, 1.807) is 6.07 Å². The Morgan fingerprint density at radius 2 is 2.03 bits per heavy atom. The van der Waals surface area contributed by atoms with Gasteiger partial charge >= 0.3 is 7.12 Å². The van der Waals surface area contributed by atoms with E-state index in [0.29, 0.717) is 37.7 Å². The lowest BCUT2D eigenvalue weighted by atomic mass is 9.57. The monoisotopic (exact) mass is 483 g/mol. The third-order valence-electron chi connectivity index (χ3n) is 7.67. The summed E-state index contributed by atoms with van der Waals surface area (Å²) >= 11 is 0. The number of likely N-dealkylation sites (tertiary alicyclic amines) is 1. The zero-order valence-corrected chi connectivity index (χ0v) is 21.0. The highest BCUT2D eigenvalue weighted by Crippen LogP contribution is 2.52. The van der Waals surface area contributed by atoms with Crippen LogP contribution in [0.1, 0.15) is 58.9 Å². The predicted molar refractivity (Wildman–Crippen MR) is 133 cm³/mol. The summed E-state index contributed by atoms with van der Waals surface area (Å²) in [4.78, 5) is 27.9. The topological polar surface area (TPSA) is 87.1 Å². The number of hydrogen-bond donors (Lipinski definition) is 2. The van der Waals surface area contributed by atoms with Crippen molar-refractivity contribution in [2.24, 2.45) is 23.7 Å². The van der Waals surface area contributed by atoms with Crippen LogP contribution in [0.2, 0.25) is 6.32 Å². The number of phenolic OH excluding ortho intramolecular Hbond substituents is 1. The van der Waals surface area contributed by atoms with Gasteiger partial charge in [0.25, 0.3) is 0 Å². The number of imide groups is 1. The molecule has 2 aliphatic heterocycles. The minimum Gasteiger partial charge on any atom is -0.505 e. The van der Waals surface area contributed by atoms with Gasteiger partial charge in [-0.15, -0.1) is 0 Å². The van der Waals surface area contributed by atoms with E-state index in [9.17, 15) is 24.1 Å². The maximum absolute atomic E-state index is 13.7. The number of halogens is 1. The molecule has 1 aliphatic carbocycles. The molecule has 2 N–H and O–H groups in total. The van der Waals surface area contributed by atoms with Gasteiger partial charge in [0, 0.05) is 6.54 Å². The number of allylic oxidation sites excluding steroid dienone is 2. The van der Waals surface area contributed by atoms with Crippen LogP contribution >= 0.6 is 0 Å². The van der Waals surface area contributed by atoms with Gasteiger partial charge in [0.1, 0.15) is 0 Å². The van der Waals surface area contributed by atoms with Gasteiger partial charge in [0.05, 0.1) is 17.9 Å². The fourth-order valence-electron chi connectivity index (χ4n) is 6.09. The zero-order valence-electron chi connectivity index (χ0n) is 21.0. The molecule has 35 heavy (non-hydrogen) atoms. The maximum Gasteiger partial charge on any atom is 0.455 e. The molecule has 0 spiro atoms. The van der Waals surface area contributed by atoms with Crippen molar-refractivity contribution < 1.29 is 28.8 Å². The van der Waals surface area contributed by atoms with Gasteiger partial charge in [-0.05, 0) is 74.0 Å². The summed E-state index contributed by atoms with van der Waals surface area (Å²) < 4.78 is 19.7. The molecule has 0 saturated carbocycles. The van der Waals surface area contributed by atoms with E-state index in [1.807, 2.05) is 19.9 Å². The Morgan fingerprint density at radius 1 is 1.29 bits per heavy atom. The van der Waals surface area contributed by atoms with Gasteiger partial charge in [0.15, 0.2) is 11.6 Å². The van der Waals surface area contributed by atoms with E-state index in [-0.39, 0.29) is 41.4 Å². The summed E-state index contributed by atoms with van der Waals surface area (Å²) in [6.45, 7) is 8.57. The Hall–Kier alpha value is -2.45. The molecular weight excluding hydrogens is 448 g/mol. The van der Waals surface area contributed by atoms with Gasteiger partial charge in [0.2, 0.25) is 11.8 Å². The van der Waals surface area contributed by atoms with E-state index in [0.717, 1.165) is 17.6 Å². The summed E-state index contributed by atoms with van der Waals surface area (Å²) in [5, 5.41) is 20.0. The summed E-state index contributed by atoms with van der Waals surface area (Å²) in [7, 11) is -0.987. The number of fused-ring (bicyclic) bond motifs is 3. The van der Waals surface area contributed by atoms with Gasteiger partial charge < -0.3 is 14.8 Å².